The van der Waals surface area contributed by atoms with Crippen molar-refractivity contribution in [2.24, 2.45) is 5.16 Å². The Hall–Kier alpha value is -1.59. The number of hydrogen-bond donors (Lipinski definition) is 2. The third-order valence-electron chi connectivity index (χ3n) is 0.426. The molecular weight excluding hydrogens is 142 g/mol. The zero-order valence-electron chi connectivity index (χ0n) is 4.85. The normalized spacial score (nSPS) is 9.60. The van der Waals surface area contributed by atoms with Crippen LogP contribution in [0.25, 0.3) is 0 Å². The van der Waals surface area contributed by atoms with Gasteiger partial charge in [-0.25, -0.2) is 9.59 Å². The minimum Gasteiger partial charge on any atom is -0.479 e. The molecule has 6 heteroatoms. The van der Waals surface area contributed by atoms with E-state index in [0.29, 0.717) is 6.21 Å². The molecule has 0 amide bonds. The van der Waals surface area contributed by atoms with E-state index < -0.39 is 18.5 Å². The lowest BCUT2D eigenvalue weighted by Crippen LogP contribution is -2.04. The molecule has 0 saturated heterocycles. The van der Waals surface area contributed by atoms with Crippen molar-refractivity contribution in [3.63, 3.8) is 0 Å². The highest BCUT2D eigenvalue weighted by atomic mass is 16.6. The third kappa shape index (κ3) is 6.41. The van der Waals surface area contributed by atoms with Gasteiger partial charge in [0, 0.05) is 0 Å². The van der Waals surface area contributed by atoms with Crippen LogP contribution in [0.2, 0.25) is 0 Å². The van der Waals surface area contributed by atoms with Crippen molar-refractivity contribution in [2.75, 3.05) is 6.61 Å². The Morgan fingerprint density at radius 3 is 2.50 bits per heavy atom. The Morgan fingerprint density at radius 1 is 1.50 bits per heavy atom. The summed E-state index contributed by atoms with van der Waals surface area (Å²) in [6.07, 6.45) is 0.461. The highest BCUT2D eigenvalue weighted by Crippen LogP contribution is 1.73. The third-order valence-corrected chi connectivity index (χ3v) is 0.426. The Balaban J connectivity index is 3.36. The Morgan fingerprint density at radius 2 is 2.10 bits per heavy atom. The molecule has 0 aliphatic rings. The summed E-state index contributed by atoms with van der Waals surface area (Å²) in [6, 6.07) is 0. The monoisotopic (exact) mass is 147 g/mol. The maximum Gasteiger partial charge on any atom is 0.350 e. The fourth-order valence-corrected chi connectivity index (χ4v) is 0.175. The minimum atomic E-state index is -1.29. The average molecular weight is 147 g/mol. The van der Waals surface area contributed by atoms with E-state index in [4.69, 9.17) is 10.2 Å². The zero-order chi connectivity index (χ0) is 7.98. The number of carboxylic acids is 2. The van der Waals surface area contributed by atoms with E-state index in [-0.39, 0.29) is 0 Å². The number of nitrogens with zero attached hydrogens (tertiary/aromatic N) is 1. The van der Waals surface area contributed by atoms with Crippen molar-refractivity contribution in [3.05, 3.63) is 0 Å². The summed E-state index contributed by atoms with van der Waals surface area (Å²) in [5.74, 6) is -2.49. The fraction of sp³-hybridized carbons (Fsp3) is 0.250. The summed E-state index contributed by atoms with van der Waals surface area (Å²) in [4.78, 5) is 23.4. The Labute approximate surface area is 55.7 Å². The quantitative estimate of drug-likeness (QED) is 0.399. The molecule has 0 fully saturated rings. The van der Waals surface area contributed by atoms with Gasteiger partial charge in [0.15, 0.2) is 6.21 Å². The number of hydrogen-bond acceptors (Lipinski definition) is 4. The second-order valence-electron chi connectivity index (χ2n) is 1.24. The maximum atomic E-state index is 9.70. The molecule has 2 N–H and O–H groups in total. The van der Waals surface area contributed by atoms with Gasteiger partial charge in [-0.3, -0.25) is 0 Å². The average Bonchev–Trinajstić information content (AvgIpc) is 1.79. The van der Waals surface area contributed by atoms with Gasteiger partial charge in [0.25, 0.3) is 0 Å². The first kappa shape index (κ1) is 8.41. The van der Waals surface area contributed by atoms with Gasteiger partial charge < -0.3 is 15.1 Å². The van der Waals surface area contributed by atoms with Crippen LogP contribution >= 0.6 is 0 Å². The van der Waals surface area contributed by atoms with Gasteiger partial charge in [0.1, 0.15) is 0 Å². The topological polar surface area (TPSA) is 96.2 Å². The highest BCUT2D eigenvalue weighted by Gasteiger charge is 1.93. The van der Waals surface area contributed by atoms with E-state index in [1.54, 1.807) is 0 Å². The molecule has 0 rings (SSSR count). The van der Waals surface area contributed by atoms with Gasteiger partial charge in [-0.1, -0.05) is 5.16 Å². The molecule has 0 aromatic rings. The molecule has 0 aromatic carbocycles. The largest absolute Gasteiger partial charge is 0.479 e. The molecule has 0 bridgehead atoms. The predicted molar refractivity (Wildman–Crippen MR) is 29.7 cm³/mol. The molecule has 56 valence electrons. The van der Waals surface area contributed by atoms with Crippen molar-refractivity contribution in [3.8, 4) is 0 Å². The summed E-state index contributed by atoms with van der Waals surface area (Å²) in [7, 11) is 0. The van der Waals surface area contributed by atoms with Gasteiger partial charge in [-0.05, 0) is 0 Å². The van der Waals surface area contributed by atoms with Crippen molar-refractivity contribution in [2.45, 2.75) is 0 Å². The van der Waals surface area contributed by atoms with Crippen LogP contribution in [0.1, 0.15) is 0 Å². The zero-order valence-corrected chi connectivity index (χ0v) is 4.85. The first-order chi connectivity index (χ1) is 4.63. The lowest BCUT2D eigenvalue weighted by atomic mass is 10.8. The van der Waals surface area contributed by atoms with Crippen LogP contribution in [0.3, 0.4) is 0 Å². The Kier molecular flexibility index (Phi) is 3.62. The predicted octanol–water partition coefficient (Wildman–Crippen LogP) is -0.842. The van der Waals surface area contributed by atoms with Crippen molar-refractivity contribution in [1.82, 2.24) is 0 Å². The van der Waals surface area contributed by atoms with E-state index >= 15 is 0 Å². The van der Waals surface area contributed by atoms with E-state index in [2.05, 4.69) is 9.99 Å². The lowest BCUT2D eigenvalue weighted by molar-refractivity contribution is -0.142. The fourth-order valence-electron chi connectivity index (χ4n) is 0.175. The van der Waals surface area contributed by atoms with Gasteiger partial charge in [0.05, 0.1) is 0 Å². The SMILES string of the molecule is O=C(O)C=NOCC(=O)O. The summed E-state index contributed by atoms with van der Waals surface area (Å²) in [5, 5.41) is 18.6. The van der Waals surface area contributed by atoms with E-state index in [1.165, 1.54) is 0 Å². The molecule has 0 aliphatic heterocycles. The highest BCUT2D eigenvalue weighted by molar-refractivity contribution is 6.21. The second-order valence-corrected chi connectivity index (χ2v) is 1.24. The number of carbonyl (C=O) groups is 2. The van der Waals surface area contributed by atoms with Crippen molar-refractivity contribution >= 4 is 18.2 Å². The van der Waals surface area contributed by atoms with Crippen LogP contribution in [0.4, 0.5) is 0 Å². The van der Waals surface area contributed by atoms with Gasteiger partial charge >= 0.3 is 11.9 Å². The van der Waals surface area contributed by atoms with E-state index in [0.717, 1.165) is 0 Å². The molecule has 0 aliphatic carbocycles. The summed E-state index contributed by atoms with van der Waals surface area (Å²) < 4.78 is 0. The standard InChI is InChI=1S/C4H5NO5/c6-3(7)1-5-10-2-4(8)9/h1H,2H2,(H,6,7)(H,8,9). The molecule has 10 heavy (non-hydrogen) atoms. The molecule has 0 atom stereocenters. The van der Waals surface area contributed by atoms with Crippen molar-refractivity contribution < 1.29 is 24.6 Å². The molecule has 6 nitrogen and oxygen atoms in total. The van der Waals surface area contributed by atoms with E-state index in [9.17, 15) is 9.59 Å². The summed E-state index contributed by atoms with van der Waals surface area (Å²) in [6.45, 7) is -0.635. The minimum absolute atomic E-state index is 0.461. The summed E-state index contributed by atoms with van der Waals surface area (Å²) in [5.41, 5.74) is 0. The molecule has 0 spiro atoms. The molecule has 0 saturated carbocycles. The lowest BCUT2D eigenvalue weighted by Gasteiger charge is -1.89. The first-order valence-corrected chi connectivity index (χ1v) is 2.23. The smallest absolute Gasteiger partial charge is 0.350 e. The van der Waals surface area contributed by atoms with Gasteiger partial charge in [0.2, 0.25) is 6.61 Å². The maximum absolute atomic E-state index is 9.70. The molecule has 0 aromatic heterocycles. The van der Waals surface area contributed by atoms with Crippen LogP contribution in [0.5, 0.6) is 0 Å². The number of aliphatic carboxylic acids is 2. The number of oxime groups is 1. The second kappa shape index (κ2) is 4.30. The van der Waals surface area contributed by atoms with Crippen LogP contribution < -0.4 is 0 Å². The van der Waals surface area contributed by atoms with Gasteiger partial charge in [-0.15, -0.1) is 0 Å². The van der Waals surface area contributed by atoms with Crippen LogP contribution in [-0.2, 0) is 14.4 Å². The first-order valence-electron chi connectivity index (χ1n) is 2.23. The van der Waals surface area contributed by atoms with E-state index in [1.807, 2.05) is 0 Å². The Bertz CT molecular complexity index is 163. The number of rotatable bonds is 4. The number of carboxylic acid groups (broad SMARTS) is 2. The molecule has 0 radical (unpaired) electrons. The molecular formula is C4H5NO5. The van der Waals surface area contributed by atoms with Crippen molar-refractivity contribution in [1.29, 1.82) is 0 Å². The van der Waals surface area contributed by atoms with Gasteiger partial charge in [-0.2, -0.15) is 0 Å². The molecule has 0 unspecified atom stereocenters. The van der Waals surface area contributed by atoms with Crippen LogP contribution in [0, 0.1) is 0 Å². The molecule has 0 heterocycles. The van der Waals surface area contributed by atoms with Crippen LogP contribution in [-0.4, -0.2) is 35.0 Å². The summed E-state index contributed by atoms with van der Waals surface area (Å²) >= 11 is 0. The van der Waals surface area contributed by atoms with Crippen LogP contribution in [0.15, 0.2) is 5.16 Å².